The molecule has 0 aliphatic carbocycles. The standard InChI is InChI=1S/C29H32N6O5S2/c1-29(2,3)40-28(37)32-17-25(36)33-20-10-7-11-21(16-20)42(38,39)35-23(15-18-8-6-9-19(14-18)26(30)31)27-34-22-12-4-5-13-24(22)41-27/h4-14,16,23,35H,15,17H2,1-3H3,(H3,30,31)(H,32,37)(H,33,36). The third-order valence-corrected chi connectivity index (χ3v) is 8.42. The van der Waals surface area contributed by atoms with Crippen molar-refractivity contribution in [1.29, 1.82) is 5.41 Å². The number of thiazole rings is 1. The van der Waals surface area contributed by atoms with Crippen LogP contribution >= 0.6 is 11.3 Å². The van der Waals surface area contributed by atoms with Crippen molar-refractivity contribution in [1.82, 2.24) is 15.0 Å². The van der Waals surface area contributed by atoms with E-state index in [0.29, 0.717) is 10.6 Å². The van der Waals surface area contributed by atoms with E-state index in [1.807, 2.05) is 30.3 Å². The number of amidine groups is 1. The number of hydrogen-bond donors (Lipinski definition) is 5. The summed E-state index contributed by atoms with van der Waals surface area (Å²) in [6.07, 6.45) is -0.486. The minimum Gasteiger partial charge on any atom is -0.444 e. The summed E-state index contributed by atoms with van der Waals surface area (Å²) in [5.41, 5.74) is 7.24. The summed E-state index contributed by atoms with van der Waals surface area (Å²) in [5, 5.41) is 13.3. The van der Waals surface area contributed by atoms with Crippen LogP contribution in [0.15, 0.2) is 77.7 Å². The van der Waals surface area contributed by atoms with Crippen molar-refractivity contribution >= 4 is 55.1 Å². The number of fused-ring (bicyclic) bond motifs is 1. The van der Waals surface area contributed by atoms with Gasteiger partial charge in [0.2, 0.25) is 15.9 Å². The highest BCUT2D eigenvalue weighted by Crippen LogP contribution is 2.30. The number of alkyl carbamates (subject to hydrolysis) is 1. The molecule has 3 aromatic carbocycles. The lowest BCUT2D eigenvalue weighted by molar-refractivity contribution is -0.115. The average Bonchev–Trinajstić information content (AvgIpc) is 3.35. The predicted molar refractivity (Wildman–Crippen MR) is 163 cm³/mol. The second-order valence-electron chi connectivity index (χ2n) is 10.4. The number of nitrogen functional groups attached to an aromatic ring is 1. The van der Waals surface area contributed by atoms with E-state index in [0.717, 1.165) is 15.8 Å². The highest BCUT2D eigenvalue weighted by molar-refractivity contribution is 7.89. The number of nitrogens with one attached hydrogen (secondary N) is 4. The summed E-state index contributed by atoms with van der Waals surface area (Å²) in [4.78, 5) is 28.8. The number of nitrogens with zero attached hydrogens (tertiary/aromatic N) is 1. The van der Waals surface area contributed by atoms with Gasteiger partial charge in [-0.25, -0.2) is 22.9 Å². The Balaban J connectivity index is 1.54. The van der Waals surface area contributed by atoms with Gasteiger partial charge >= 0.3 is 6.09 Å². The van der Waals surface area contributed by atoms with Crippen molar-refractivity contribution in [3.8, 4) is 0 Å². The molecular formula is C29H32N6O5S2. The largest absolute Gasteiger partial charge is 0.444 e. The van der Waals surface area contributed by atoms with Gasteiger partial charge in [0.05, 0.1) is 21.2 Å². The van der Waals surface area contributed by atoms with E-state index in [-0.39, 0.29) is 29.4 Å². The number of amides is 2. The number of carbonyl (C=O) groups excluding carboxylic acids is 2. The summed E-state index contributed by atoms with van der Waals surface area (Å²) < 4.78 is 36.0. The Morgan fingerprint density at radius 1 is 1.05 bits per heavy atom. The molecule has 0 saturated carbocycles. The molecule has 13 heteroatoms. The van der Waals surface area contributed by atoms with Gasteiger partial charge in [-0.2, -0.15) is 0 Å². The summed E-state index contributed by atoms with van der Waals surface area (Å²) in [5.74, 6) is -0.643. The monoisotopic (exact) mass is 608 g/mol. The second-order valence-corrected chi connectivity index (χ2v) is 13.2. The third-order valence-electron chi connectivity index (χ3n) is 5.80. The molecule has 1 aromatic heterocycles. The van der Waals surface area contributed by atoms with Crippen molar-refractivity contribution in [2.75, 3.05) is 11.9 Å². The van der Waals surface area contributed by atoms with Crippen LogP contribution in [0.5, 0.6) is 0 Å². The number of ether oxygens (including phenoxy) is 1. The number of aromatic nitrogens is 1. The average molecular weight is 609 g/mol. The van der Waals surface area contributed by atoms with Gasteiger partial charge in [-0.3, -0.25) is 10.2 Å². The molecular weight excluding hydrogens is 576 g/mol. The first-order valence-electron chi connectivity index (χ1n) is 13.0. The molecule has 2 amide bonds. The Hall–Kier alpha value is -4.33. The highest BCUT2D eigenvalue weighted by Gasteiger charge is 2.25. The molecule has 42 heavy (non-hydrogen) atoms. The van der Waals surface area contributed by atoms with Crippen molar-refractivity contribution in [2.45, 2.75) is 43.7 Å². The summed E-state index contributed by atoms with van der Waals surface area (Å²) in [6, 6.07) is 19.7. The van der Waals surface area contributed by atoms with Gasteiger partial charge < -0.3 is 21.1 Å². The number of rotatable bonds is 10. The van der Waals surface area contributed by atoms with Crippen LogP contribution in [0.2, 0.25) is 0 Å². The quantitative estimate of drug-likeness (QED) is 0.132. The predicted octanol–water partition coefficient (Wildman–Crippen LogP) is 4.31. The van der Waals surface area contributed by atoms with Gasteiger partial charge in [0.15, 0.2) is 0 Å². The number of sulfonamides is 1. The van der Waals surface area contributed by atoms with Crippen LogP contribution in [0, 0.1) is 5.41 Å². The minimum atomic E-state index is -4.09. The van der Waals surface area contributed by atoms with Crippen LogP contribution in [0.3, 0.4) is 0 Å². The molecule has 0 aliphatic rings. The molecule has 6 N–H and O–H groups in total. The fourth-order valence-electron chi connectivity index (χ4n) is 3.99. The van der Waals surface area contributed by atoms with Gasteiger partial charge in [-0.05, 0) is 69.2 Å². The molecule has 220 valence electrons. The molecule has 0 bridgehead atoms. The van der Waals surface area contributed by atoms with Crippen LogP contribution in [-0.2, 0) is 26.0 Å². The number of hydrogen-bond acceptors (Lipinski definition) is 8. The van der Waals surface area contributed by atoms with Gasteiger partial charge in [0.25, 0.3) is 0 Å². The molecule has 4 aromatic rings. The number of anilines is 1. The van der Waals surface area contributed by atoms with E-state index in [4.69, 9.17) is 15.9 Å². The van der Waals surface area contributed by atoms with Crippen LogP contribution in [0.25, 0.3) is 10.2 Å². The lowest BCUT2D eigenvalue weighted by atomic mass is 10.0. The third kappa shape index (κ3) is 8.35. The fourth-order valence-corrected chi connectivity index (χ4v) is 6.33. The Morgan fingerprint density at radius 3 is 2.50 bits per heavy atom. The Kier molecular flexibility index (Phi) is 9.24. The number of benzene rings is 3. The van der Waals surface area contributed by atoms with Crippen molar-refractivity contribution < 1.29 is 22.7 Å². The first-order chi connectivity index (χ1) is 19.8. The van der Waals surface area contributed by atoms with E-state index < -0.39 is 33.7 Å². The summed E-state index contributed by atoms with van der Waals surface area (Å²) >= 11 is 1.39. The zero-order valence-electron chi connectivity index (χ0n) is 23.3. The SMILES string of the molecule is CC(C)(C)OC(=O)NCC(=O)Nc1cccc(S(=O)(=O)NC(Cc2cccc(C(=N)N)c2)c2nc3ccccc3s2)c1. The topological polar surface area (TPSA) is 176 Å². The first kappa shape index (κ1) is 30.6. The molecule has 0 radical (unpaired) electrons. The molecule has 4 rings (SSSR count). The summed E-state index contributed by atoms with van der Waals surface area (Å²) in [7, 11) is -4.09. The number of para-hydroxylation sites is 1. The van der Waals surface area contributed by atoms with Gasteiger partial charge in [0, 0.05) is 11.3 Å². The van der Waals surface area contributed by atoms with E-state index in [1.54, 1.807) is 45.0 Å². The maximum atomic E-state index is 13.6. The number of carbonyl (C=O) groups is 2. The van der Waals surface area contributed by atoms with Gasteiger partial charge in [-0.1, -0.05) is 36.4 Å². The normalized spacial score (nSPS) is 12.5. The van der Waals surface area contributed by atoms with Gasteiger partial charge in [-0.15, -0.1) is 11.3 Å². The van der Waals surface area contributed by atoms with Crippen LogP contribution in [-0.4, -0.2) is 43.4 Å². The van der Waals surface area contributed by atoms with E-state index in [1.165, 1.54) is 29.5 Å². The lowest BCUT2D eigenvalue weighted by Crippen LogP contribution is -2.37. The zero-order chi connectivity index (χ0) is 30.5. The zero-order valence-corrected chi connectivity index (χ0v) is 24.9. The van der Waals surface area contributed by atoms with Gasteiger partial charge in [0.1, 0.15) is 23.0 Å². The minimum absolute atomic E-state index is 0.0657. The van der Waals surface area contributed by atoms with Crippen LogP contribution in [0.1, 0.15) is 42.9 Å². The van der Waals surface area contributed by atoms with Crippen molar-refractivity contribution in [3.63, 3.8) is 0 Å². The maximum Gasteiger partial charge on any atom is 0.408 e. The molecule has 11 nitrogen and oxygen atoms in total. The molecule has 1 atom stereocenters. The molecule has 1 unspecified atom stereocenters. The fraction of sp³-hybridized carbons (Fsp3) is 0.241. The van der Waals surface area contributed by atoms with E-state index in [9.17, 15) is 18.0 Å². The smallest absolute Gasteiger partial charge is 0.408 e. The molecule has 0 saturated heterocycles. The summed E-state index contributed by atoms with van der Waals surface area (Å²) in [6.45, 7) is 4.76. The lowest BCUT2D eigenvalue weighted by Gasteiger charge is -2.19. The van der Waals surface area contributed by atoms with Crippen molar-refractivity contribution in [3.05, 3.63) is 88.9 Å². The van der Waals surface area contributed by atoms with E-state index >= 15 is 0 Å². The Bertz CT molecular complexity index is 1700. The van der Waals surface area contributed by atoms with Crippen LogP contribution < -0.4 is 21.1 Å². The molecule has 1 heterocycles. The molecule has 0 spiro atoms. The second kappa shape index (κ2) is 12.7. The Labute approximate surface area is 248 Å². The van der Waals surface area contributed by atoms with E-state index in [2.05, 4.69) is 20.3 Å². The molecule has 0 aliphatic heterocycles. The van der Waals surface area contributed by atoms with Crippen molar-refractivity contribution in [2.24, 2.45) is 5.73 Å². The number of nitrogens with two attached hydrogens (primary N) is 1. The first-order valence-corrected chi connectivity index (χ1v) is 15.3. The Morgan fingerprint density at radius 2 is 1.79 bits per heavy atom. The van der Waals surface area contributed by atoms with Crippen LogP contribution in [0.4, 0.5) is 10.5 Å². The highest BCUT2D eigenvalue weighted by atomic mass is 32.2. The maximum absolute atomic E-state index is 13.6. The molecule has 0 fully saturated rings.